The molecular weight excluding hydrogens is 270 g/mol. The number of aromatic nitrogens is 2. The third-order valence-electron chi connectivity index (χ3n) is 2.80. The number of aryl methyl sites for hydroxylation is 2. The summed E-state index contributed by atoms with van der Waals surface area (Å²) < 4.78 is 23.6. The smallest absolute Gasteiger partial charge is 0.337 e. The summed E-state index contributed by atoms with van der Waals surface area (Å²) in [5.41, 5.74) is 1.03. The van der Waals surface area contributed by atoms with Crippen molar-refractivity contribution in [2.24, 2.45) is 5.14 Å². The Bertz CT molecular complexity index is 749. The highest BCUT2D eigenvalue weighted by molar-refractivity contribution is 7.89. The van der Waals surface area contributed by atoms with Crippen LogP contribution in [0.1, 0.15) is 16.2 Å². The van der Waals surface area contributed by atoms with Crippen LogP contribution in [-0.2, 0) is 16.6 Å². The maximum Gasteiger partial charge on any atom is 0.337 e. The van der Waals surface area contributed by atoms with Gasteiger partial charge in [0, 0.05) is 6.54 Å². The lowest BCUT2D eigenvalue weighted by Gasteiger charge is -2.05. The Morgan fingerprint density at radius 2 is 2.16 bits per heavy atom. The average molecular weight is 283 g/mol. The fraction of sp³-hybridized carbons (Fsp3) is 0.273. The number of primary sulfonamides is 1. The normalized spacial score (nSPS) is 11.9. The van der Waals surface area contributed by atoms with Crippen LogP contribution in [0.15, 0.2) is 18.2 Å². The Hall–Kier alpha value is -1.93. The van der Waals surface area contributed by atoms with Crippen molar-refractivity contribution in [3.05, 3.63) is 29.6 Å². The molecule has 0 spiro atoms. The zero-order chi connectivity index (χ0) is 14.2. The molecule has 102 valence electrons. The molecule has 0 saturated heterocycles. The number of para-hydroxylation sites is 1. The first kappa shape index (κ1) is 13.5. The first-order valence-corrected chi connectivity index (χ1v) is 7.21. The number of imidazole rings is 1. The highest BCUT2D eigenvalue weighted by Gasteiger charge is 2.15. The van der Waals surface area contributed by atoms with Crippen LogP contribution in [0.4, 0.5) is 0 Å². The molecule has 1 aromatic heterocycles. The van der Waals surface area contributed by atoms with Gasteiger partial charge in [0.15, 0.2) is 0 Å². The lowest BCUT2D eigenvalue weighted by Crippen LogP contribution is -2.20. The van der Waals surface area contributed by atoms with E-state index in [-0.39, 0.29) is 17.9 Å². The summed E-state index contributed by atoms with van der Waals surface area (Å²) in [6.07, 6.45) is 0. The van der Waals surface area contributed by atoms with E-state index in [9.17, 15) is 13.2 Å². The van der Waals surface area contributed by atoms with E-state index in [2.05, 4.69) is 4.98 Å². The van der Waals surface area contributed by atoms with Gasteiger partial charge in [0.1, 0.15) is 11.3 Å². The van der Waals surface area contributed by atoms with E-state index in [4.69, 9.17) is 10.2 Å². The van der Waals surface area contributed by atoms with Crippen molar-refractivity contribution < 1.29 is 18.3 Å². The second kappa shape index (κ2) is 4.63. The maximum atomic E-state index is 11.1. The van der Waals surface area contributed by atoms with Gasteiger partial charge in [-0.15, -0.1) is 0 Å². The third-order valence-corrected chi connectivity index (χ3v) is 3.55. The van der Waals surface area contributed by atoms with Crippen LogP contribution in [0.25, 0.3) is 11.0 Å². The molecule has 0 saturated carbocycles. The Morgan fingerprint density at radius 3 is 2.74 bits per heavy atom. The number of nitrogens with zero attached hydrogens (tertiary/aromatic N) is 2. The van der Waals surface area contributed by atoms with Gasteiger partial charge >= 0.3 is 5.97 Å². The summed E-state index contributed by atoms with van der Waals surface area (Å²) in [6.45, 7) is 1.83. The van der Waals surface area contributed by atoms with Crippen LogP contribution in [0.2, 0.25) is 0 Å². The predicted molar refractivity (Wildman–Crippen MR) is 69.4 cm³/mol. The van der Waals surface area contributed by atoms with E-state index in [1.54, 1.807) is 23.6 Å². The van der Waals surface area contributed by atoms with Crippen LogP contribution in [0.5, 0.6) is 0 Å². The molecule has 0 aliphatic carbocycles. The molecule has 1 aromatic carbocycles. The lowest BCUT2D eigenvalue weighted by atomic mass is 10.2. The van der Waals surface area contributed by atoms with Gasteiger partial charge in [-0.05, 0) is 19.1 Å². The van der Waals surface area contributed by atoms with Gasteiger partial charge in [-0.3, -0.25) is 0 Å². The van der Waals surface area contributed by atoms with Crippen molar-refractivity contribution in [3.8, 4) is 0 Å². The molecule has 0 radical (unpaired) electrons. The number of nitrogens with two attached hydrogens (primary N) is 1. The van der Waals surface area contributed by atoms with Gasteiger partial charge < -0.3 is 9.67 Å². The number of hydrogen-bond donors (Lipinski definition) is 2. The number of carboxylic acid groups (broad SMARTS) is 1. The number of hydrogen-bond acceptors (Lipinski definition) is 4. The molecule has 7 nitrogen and oxygen atoms in total. The molecule has 19 heavy (non-hydrogen) atoms. The van der Waals surface area contributed by atoms with Crippen molar-refractivity contribution >= 4 is 27.0 Å². The quantitative estimate of drug-likeness (QED) is 0.839. The number of aromatic carboxylic acids is 1. The maximum absolute atomic E-state index is 11.1. The van der Waals surface area contributed by atoms with Gasteiger partial charge in [0.2, 0.25) is 10.0 Å². The highest BCUT2D eigenvalue weighted by Crippen LogP contribution is 2.20. The first-order valence-electron chi connectivity index (χ1n) is 5.49. The van der Waals surface area contributed by atoms with Crippen LogP contribution < -0.4 is 5.14 Å². The van der Waals surface area contributed by atoms with Crippen molar-refractivity contribution in [1.29, 1.82) is 0 Å². The van der Waals surface area contributed by atoms with Gasteiger partial charge in [0.05, 0.1) is 16.8 Å². The minimum atomic E-state index is -3.58. The number of benzene rings is 1. The monoisotopic (exact) mass is 283 g/mol. The second-order valence-corrected chi connectivity index (χ2v) is 5.89. The average Bonchev–Trinajstić information content (AvgIpc) is 2.60. The predicted octanol–water partition coefficient (Wildman–Crippen LogP) is 0.331. The molecule has 0 bridgehead atoms. The topological polar surface area (TPSA) is 115 Å². The van der Waals surface area contributed by atoms with Gasteiger partial charge in [-0.2, -0.15) is 0 Å². The highest BCUT2D eigenvalue weighted by atomic mass is 32.2. The van der Waals surface area contributed by atoms with Crippen LogP contribution >= 0.6 is 0 Å². The number of rotatable bonds is 4. The fourth-order valence-corrected chi connectivity index (χ4v) is 2.37. The number of carboxylic acids is 1. The summed E-state index contributed by atoms with van der Waals surface area (Å²) in [5, 5.41) is 14.0. The van der Waals surface area contributed by atoms with Gasteiger partial charge in [-0.25, -0.2) is 23.3 Å². The number of carbonyl (C=O) groups is 1. The summed E-state index contributed by atoms with van der Waals surface area (Å²) in [4.78, 5) is 15.3. The van der Waals surface area contributed by atoms with Crippen molar-refractivity contribution in [2.45, 2.75) is 13.5 Å². The molecule has 2 rings (SSSR count). The first-order chi connectivity index (χ1) is 8.79. The number of sulfonamides is 1. The Morgan fingerprint density at radius 1 is 1.47 bits per heavy atom. The fourth-order valence-electron chi connectivity index (χ4n) is 1.94. The Labute approximate surface area is 109 Å². The van der Waals surface area contributed by atoms with E-state index in [0.717, 1.165) is 0 Å². The number of fused-ring (bicyclic) bond motifs is 1. The molecule has 0 atom stereocenters. The second-order valence-electron chi connectivity index (χ2n) is 4.16. The van der Waals surface area contributed by atoms with E-state index >= 15 is 0 Å². The minimum absolute atomic E-state index is 0.0926. The van der Waals surface area contributed by atoms with Crippen molar-refractivity contribution in [1.82, 2.24) is 9.55 Å². The molecular formula is C11H13N3O4S. The summed E-state index contributed by atoms with van der Waals surface area (Å²) in [7, 11) is -3.58. The van der Waals surface area contributed by atoms with E-state index in [1.165, 1.54) is 6.07 Å². The molecule has 2 aromatic rings. The Balaban J connectivity index is 2.54. The molecule has 1 heterocycles. The molecule has 0 amide bonds. The molecule has 0 unspecified atom stereocenters. The molecule has 3 N–H and O–H groups in total. The SMILES string of the molecule is Cc1nc2c(C(=O)O)cccc2n1CCS(N)(=O)=O. The van der Waals surface area contributed by atoms with E-state index in [1.807, 2.05) is 0 Å². The zero-order valence-corrected chi connectivity index (χ0v) is 11.0. The lowest BCUT2D eigenvalue weighted by molar-refractivity contribution is 0.0699. The van der Waals surface area contributed by atoms with Crippen LogP contribution in [0, 0.1) is 6.92 Å². The molecule has 0 aliphatic heterocycles. The van der Waals surface area contributed by atoms with Crippen LogP contribution in [-0.4, -0.2) is 34.8 Å². The zero-order valence-electron chi connectivity index (χ0n) is 10.2. The largest absolute Gasteiger partial charge is 0.478 e. The van der Waals surface area contributed by atoms with Crippen molar-refractivity contribution in [3.63, 3.8) is 0 Å². The summed E-state index contributed by atoms with van der Waals surface area (Å²) >= 11 is 0. The van der Waals surface area contributed by atoms with Crippen LogP contribution in [0.3, 0.4) is 0 Å². The van der Waals surface area contributed by atoms with E-state index in [0.29, 0.717) is 16.9 Å². The van der Waals surface area contributed by atoms with Gasteiger partial charge in [0.25, 0.3) is 0 Å². The molecule has 0 fully saturated rings. The van der Waals surface area contributed by atoms with Gasteiger partial charge in [-0.1, -0.05) is 6.07 Å². The molecule has 0 aliphatic rings. The third kappa shape index (κ3) is 2.74. The van der Waals surface area contributed by atoms with Crippen molar-refractivity contribution in [2.75, 3.05) is 5.75 Å². The summed E-state index contributed by atoms with van der Waals surface area (Å²) in [6, 6.07) is 4.76. The Kier molecular flexibility index (Phi) is 3.29. The standard InChI is InChI=1S/C11H13N3O4S/c1-7-13-10-8(11(15)16)3-2-4-9(10)14(7)5-6-19(12,17)18/h2-4H,5-6H2,1H3,(H,15,16)(H2,12,17,18). The van der Waals surface area contributed by atoms with E-state index < -0.39 is 16.0 Å². The minimum Gasteiger partial charge on any atom is -0.478 e. The molecule has 8 heteroatoms. The summed E-state index contributed by atoms with van der Waals surface area (Å²) in [5.74, 6) is -0.745.